The van der Waals surface area contributed by atoms with Crippen LogP contribution in [0, 0.1) is 0 Å². The topological polar surface area (TPSA) is 47.8 Å². The molecule has 2 aromatic heterocycles. The van der Waals surface area contributed by atoms with Gasteiger partial charge in [-0.3, -0.25) is 9.59 Å². The van der Waals surface area contributed by atoms with Crippen molar-refractivity contribution in [1.82, 2.24) is 4.40 Å². The first-order chi connectivity index (χ1) is 14.7. The molecule has 4 nitrogen and oxygen atoms in total. The van der Waals surface area contributed by atoms with Gasteiger partial charge >= 0.3 is 0 Å². The molecule has 2 atom stereocenters. The third-order valence-electron chi connectivity index (χ3n) is 5.94. The Bertz CT molecular complexity index is 1240. The van der Waals surface area contributed by atoms with Gasteiger partial charge in [0.05, 0.1) is 13.0 Å². The largest absolute Gasteiger partial charge is 0.497 e. The van der Waals surface area contributed by atoms with Crippen LogP contribution in [0.5, 0.6) is 5.75 Å². The highest BCUT2D eigenvalue weighted by Crippen LogP contribution is 2.43. The molecule has 0 bridgehead atoms. The molecule has 0 saturated heterocycles. The van der Waals surface area contributed by atoms with Crippen molar-refractivity contribution in [2.75, 3.05) is 7.11 Å². The lowest BCUT2D eigenvalue weighted by Gasteiger charge is -2.14. The zero-order valence-electron chi connectivity index (χ0n) is 16.6. The van der Waals surface area contributed by atoms with E-state index in [2.05, 4.69) is 10.5 Å². The van der Waals surface area contributed by atoms with E-state index in [4.69, 9.17) is 4.74 Å². The van der Waals surface area contributed by atoms with Crippen LogP contribution in [0.15, 0.2) is 85.1 Å². The Balaban J connectivity index is 1.62. The number of carbonyl (C=O) groups is 2. The van der Waals surface area contributed by atoms with Crippen LogP contribution in [0.3, 0.4) is 0 Å². The summed E-state index contributed by atoms with van der Waals surface area (Å²) in [5.41, 5.74) is 4.69. The number of ketones is 2. The number of fused-ring (bicyclic) bond motifs is 1. The number of carbonyl (C=O) groups excluding carboxylic acids is 2. The number of Topliss-reactive ketones (excluding diaryl/α,β-unsaturated/α-hetero) is 2. The van der Waals surface area contributed by atoms with Crippen molar-refractivity contribution < 1.29 is 14.3 Å². The molecule has 1 aliphatic carbocycles. The smallest absolute Gasteiger partial charge is 0.157 e. The molecule has 0 spiro atoms. The predicted molar refractivity (Wildman–Crippen MR) is 116 cm³/mol. The Morgan fingerprint density at radius 2 is 1.63 bits per heavy atom. The normalized spacial score (nSPS) is 18.8. The van der Waals surface area contributed by atoms with Crippen molar-refractivity contribution in [2.45, 2.75) is 18.3 Å². The molecule has 1 saturated carbocycles. The van der Waals surface area contributed by atoms with Crippen LogP contribution in [0.2, 0.25) is 0 Å². The van der Waals surface area contributed by atoms with Crippen LogP contribution < -0.4 is 4.74 Å². The maximum Gasteiger partial charge on any atom is 0.157 e. The van der Waals surface area contributed by atoms with E-state index >= 15 is 0 Å². The van der Waals surface area contributed by atoms with Gasteiger partial charge in [-0.05, 0) is 41.5 Å². The highest BCUT2D eigenvalue weighted by Gasteiger charge is 2.44. The van der Waals surface area contributed by atoms with Gasteiger partial charge in [-0.25, -0.2) is 0 Å². The summed E-state index contributed by atoms with van der Waals surface area (Å²) in [5.74, 6) is -0.549. The highest BCUT2D eigenvalue weighted by atomic mass is 16.5. The van der Waals surface area contributed by atoms with Crippen molar-refractivity contribution in [1.29, 1.82) is 0 Å². The van der Waals surface area contributed by atoms with Gasteiger partial charge in [-0.2, -0.15) is 0 Å². The number of hydrogen-bond donors (Lipinski definition) is 0. The van der Waals surface area contributed by atoms with E-state index in [1.807, 2.05) is 66.9 Å². The number of benzene rings is 2. The Kier molecular flexibility index (Phi) is 4.47. The molecule has 0 radical (unpaired) electrons. The second-order valence-corrected chi connectivity index (χ2v) is 7.64. The Labute approximate surface area is 174 Å². The number of aromatic nitrogens is 1. The molecule has 148 valence electrons. The summed E-state index contributed by atoms with van der Waals surface area (Å²) in [7, 11) is 1.60. The second-order valence-electron chi connectivity index (χ2n) is 7.64. The van der Waals surface area contributed by atoms with Crippen molar-refractivity contribution in [2.24, 2.45) is 0 Å². The molecule has 2 aromatic carbocycles. The molecule has 0 N–H and O–H groups in total. The van der Waals surface area contributed by atoms with Crippen LogP contribution in [0.4, 0.5) is 0 Å². The number of rotatable bonds is 4. The van der Waals surface area contributed by atoms with Gasteiger partial charge in [-0.15, -0.1) is 0 Å². The Hall–Kier alpha value is -3.66. The van der Waals surface area contributed by atoms with Crippen molar-refractivity contribution in [3.8, 4) is 16.9 Å². The minimum Gasteiger partial charge on any atom is -0.497 e. The van der Waals surface area contributed by atoms with E-state index in [0.29, 0.717) is 5.75 Å². The molecule has 4 aromatic rings. The quantitative estimate of drug-likeness (QED) is 0.456. The summed E-state index contributed by atoms with van der Waals surface area (Å²) in [6.45, 7) is 0. The molecule has 30 heavy (non-hydrogen) atoms. The molecule has 0 unspecified atom stereocenters. The Morgan fingerprint density at radius 3 is 2.37 bits per heavy atom. The Morgan fingerprint density at radius 1 is 0.900 bits per heavy atom. The van der Waals surface area contributed by atoms with E-state index < -0.39 is 11.8 Å². The predicted octanol–water partition coefficient (Wildman–Crippen LogP) is 5.02. The molecule has 0 amide bonds. The van der Waals surface area contributed by atoms with Crippen molar-refractivity contribution >= 4 is 17.1 Å². The standard InChI is InChI=1S/C26H21NO3/c1-30-20-12-10-18(11-13-20)24-23(28)16-22(26(24)29)25-21(17-7-3-2-4-8-17)15-19-9-5-6-14-27(19)25/h2-15,22,24H,16H2,1H3/t22-,24-/m0/s1. The van der Waals surface area contributed by atoms with E-state index in [9.17, 15) is 9.59 Å². The first kappa shape index (κ1) is 18.4. The third kappa shape index (κ3) is 2.92. The van der Waals surface area contributed by atoms with Gasteiger partial charge in [0.1, 0.15) is 17.5 Å². The SMILES string of the molecule is COc1ccc([C@H]2C(=O)C[C@@H](c3c(-c4ccccc4)cc4ccccn34)C2=O)cc1. The third-order valence-corrected chi connectivity index (χ3v) is 5.94. The summed E-state index contributed by atoms with van der Waals surface area (Å²) >= 11 is 0. The second kappa shape index (κ2) is 7.30. The van der Waals surface area contributed by atoms with Crippen LogP contribution in [0.25, 0.3) is 16.6 Å². The maximum atomic E-state index is 13.5. The van der Waals surface area contributed by atoms with E-state index in [1.165, 1.54) is 0 Å². The first-order valence-corrected chi connectivity index (χ1v) is 10.0. The first-order valence-electron chi connectivity index (χ1n) is 10.0. The lowest BCUT2D eigenvalue weighted by atomic mass is 9.91. The van der Waals surface area contributed by atoms with Gasteiger partial charge in [0.15, 0.2) is 5.78 Å². The van der Waals surface area contributed by atoms with Crippen molar-refractivity contribution in [3.63, 3.8) is 0 Å². The number of methoxy groups -OCH3 is 1. The lowest BCUT2D eigenvalue weighted by molar-refractivity contribution is -0.124. The van der Waals surface area contributed by atoms with E-state index in [0.717, 1.165) is 27.9 Å². The molecule has 5 rings (SSSR count). The van der Waals surface area contributed by atoms with Crippen LogP contribution in [-0.2, 0) is 9.59 Å². The number of hydrogen-bond acceptors (Lipinski definition) is 3. The summed E-state index contributed by atoms with van der Waals surface area (Å²) in [6, 6.07) is 25.3. The fourth-order valence-corrected chi connectivity index (χ4v) is 4.51. The highest BCUT2D eigenvalue weighted by molar-refractivity contribution is 6.17. The summed E-state index contributed by atoms with van der Waals surface area (Å²) in [5, 5.41) is 0. The van der Waals surface area contributed by atoms with Crippen LogP contribution in [-0.4, -0.2) is 23.1 Å². The van der Waals surface area contributed by atoms with E-state index in [-0.39, 0.29) is 18.0 Å². The molecular formula is C26H21NO3. The van der Waals surface area contributed by atoms with Crippen LogP contribution >= 0.6 is 0 Å². The zero-order valence-corrected chi connectivity index (χ0v) is 16.6. The number of nitrogens with zero attached hydrogens (tertiary/aromatic N) is 1. The van der Waals surface area contributed by atoms with Crippen molar-refractivity contribution in [3.05, 3.63) is 96.3 Å². The summed E-state index contributed by atoms with van der Waals surface area (Å²) in [6.07, 6.45) is 2.19. The van der Waals surface area contributed by atoms with Gasteiger partial charge in [0.25, 0.3) is 0 Å². The lowest BCUT2D eigenvalue weighted by Crippen LogP contribution is -2.15. The maximum absolute atomic E-state index is 13.5. The monoisotopic (exact) mass is 395 g/mol. The molecule has 1 fully saturated rings. The minimum absolute atomic E-state index is 0.0277. The number of pyridine rings is 1. The molecule has 4 heteroatoms. The summed E-state index contributed by atoms with van der Waals surface area (Å²) in [4.78, 5) is 26.5. The molecule has 1 aliphatic rings. The average molecular weight is 395 g/mol. The van der Waals surface area contributed by atoms with Crippen LogP contribution in [0.1, 0.15) is 29.5 Å². The molecule has 2 heterocycles. The van der Waals surface area contributed by atoms with Gasteiger partial charge in [0, 0.05) is 29.4 Å². The fourth-order valence-electron chi connectivity index (χ4n) is 4.51. The van der Waals surface area contributed by atoms with Gasteiger partial charge < -0.3 is 9.14 Å². The van der Waals surface area contributed by atoms with Gasteiger partial charge in [0.2, 0.25) is 0 Å². The summed E-state index contributed by atoms with van der Waals surface area (Å²) < 4.78 is 7.26. The van der Waals surface area contributed by atoms with Gasteiger partial charge in [-0.1, -0.05) is 48.5 Å². The molecular weight excluding hydrogens is 374 g/mol. The average Bonchev–Trinajstić information content (AvgIpc) is 3.31. The number of ether oxygens (including phenoxy) is 1. The minimum atomic E-state index is -0.723. The molecule has 0 aliphatic heterocycles. The zero-order chi connectivity index (χ0) is 20.7. The fraction of sp³-hybridized carbons (Fsp3) is 0.154. The van der Waals surface area contributed by atoms with E-state index in [1.54, 1.807) is 19.2 Å².